The molecule has 0 radical (unpaired) electrons. The van der Waals surface area contributed by atoms with Crippen molar-refractivity contribution in [3.05, 3.63) is 71.1 Å². The van der Waals surface area contributed by atoms with E-state index in [9.17, 15) is 9.00 Å². The van der Waals surface area contributed by atoms with E-state index in [1.165, 1.54) is 4.57 Å². The van der Waals surface area contributed by atoms with Crippen LogP contribution in [0.4, 0.5) is 11.4 Å². The fraction of sp³-hybridized carbons (Fsp3) is 0.320. The van der Waals surface area contributed by atoms with Crippen LogP contribution in [0.3, 0.4) is 0 Å². The molecule has 0 aliphatic rings. The number of para-hydroxylation sites is 1. The highest BCUT2D eigenvalue weighted by Gasteiger charge is 2.18. The first-order valence-electron chi connectivity index (χ1n) is 11.3. The molecular formula is C25H30ClN5O3S. The minimum atomic E-state index is -1.54. The van der Waals surface area contributed by atoms with Crippen LogP contribution in [0, 0.1) is 0 Å². The van der Waals surface area contributed by atoms with Gasteiger partial charge in [-0.2, -0.15) is 0 Å². The lowest BCUT2D eigenvalue weighted by Gasteiger charge is -2.22. The summed E-state index contributed by atoms with van der Waals surface area (Å²) < 4.78 is 20.3. The van der Waals surface area contributed by atoms with Crippen molar-refractivity contribution in [1.29, 1.82) is 0 Å². The van der Waals surface area contributed by atoms with Crippen LogP contribution in [0.25, 0.3) is 6.20 Å². The third-order valence-electron chi connectivity index (χ3n) is 5.33. The van der Waals surface area contributed by atoms with Gasteiger partial charge in [-0.15, -0.1) is 10.2 Å². The highest BCUT2D eigenvalue weighted by molar-refractivity contribution is 7.84. The van der Waals surface area contributed by atoms with E-state index in [1.54, 1.807) is 18.5 Å². The monoisotopic (exact) mass is 515 g/mol. The third-order valence-corrected chi connectivity index (χ3v) is 6.82. The van der Waals surface area contributed by atoms with Crippen molar-refractivity contribution in [3.8, 4) is 0 Å². The van der Waals surface area contributed by atoms with E-state index in [0.29, 0.717) is 24.5 Å². The van der Waals surface area contributed by atoms with Crippen LogP contribution in [-0.4, -0.2) is 59.1 Å². The molecule has 0 saturated carbocycles. The fourth-order valence-corrected chi connectivity index (χ4v) is 4.84. The van der Waals surface area contributed by atoms with E-state index in [4.69, 9.17) is 16.3 Å². The average molecular weight is 516 g/mol. The molecule has 2 aromatic carbocycles. The summed E-state index contributed by atoms with van der Waals surface area (Å²) in [6.45, 7) is 4.19. The predicted octanol–water partition coefficient (Wildman–Crippen LogP) is 4.48. The largest absolute Gasteiger partial charge is 0.382 e. The van der Waals surface area contributed by atoms with Gasteiger partial charge in [0.1, 0.15) is 0 Å². The van der Waals surface area contributed by atoms with Crippen LogP contribution in [0.5, 0.6) is 0 Å². The number of hydrogen-bond acceptors (Lipinski definition) is 7. The van der Waals surface area contributed by atoms with Gasteiger partial charge in [0.2, 0.25) is 11.0 Å². The van der Waals surface area contributed by atoms with Crippen molar-refractivity contribution in [3.63, 3.8) is 0 Å². The fourth-order valence-electron chi connectivity index (χ4n) is 3.49. The topological polar surface area (TPSA) is 80.6 Å². The summed E-state index contributed by atoms with van der Waals surface area (Å²) in [4.78, 5) is 15.5. The third kappa shape index (κ3) is 7.24. The summed E-state index contributed by atoms with van der Waals surface area (Å²) in [5.74, 6) is 0.312. The first kappa shape index (κ1) is 26.6. The van der Waals surface area contributed by atoms with Crippen molar-refractivity contribution in [1.82, 2.24) is 14.8 Å². The van der Waals surface area contributed by atoms with E-state index in [2.05, 4.69) is 15.1 Å². The number of hydrogen-bond donors (Lipinski definition) is 0. The predicted molar refractivity (Wildman–Crippen MR) is 142 cm³/mol. The number of carbonyl (C=O) groups excluding carboxylic acids is 1. The summed E-state index contributed by atoms with van der Waals surface area (Å²) in [5.41, 5.74) is 2.78. The number of carbonyl (C=O) groups is 1. The quantitative estimate of drug-likeness (QED) is 0.245. The molecule has 1 atom stereocenters. The SMILES string of the molecule is CCOCCCN(C)c1ccccc1CS(=O)c1nnc(C=O)n1/C=C\N(C)c1cccc(Cl)c1. The van der Waals surface area contributed by atoms with E-state index < -0.39 is 10.8 Å². The van der Waals surface area contributed by atoms with Crippen LogP contribution < -0.4 is 9.80 Å². The Morgan fingerprint density at radius 1 is 1.14 bits per heavy atom. The van der Waals surface area contributed by atoms with Gasteiger partial charge in [0.05, 0.1) is 16.6 Å². The molecular weight excluding hydrogens is 486 g/mol. The lowest BCUT2D eigenvalue weighted by molar-refractivity contribution is 0.111. The average Bonchev–Trinajstić information content (AvgIpc) is 3.28. The van der Waals surface area contributed by atoms with Crippen molar-refractivity contribution in [2.75, 3.05) is 43.7 Å². The molecule has 186 valence electrons. The molecule has 0 aliphatic carbocycles. The number of anilines is 2. The van der Waals surface area contributed by atoms with Gasteiger partial charge in [0, 0.05) is 62.7 Å². The molecule has 8 nitrogen and oxygen atoms in total. The Labute approximate surface area is 213 Å². The van der Waals surface area contributed by atoms with Gasteiger partial charge >= 0.3 is 0 Å². The van der Waals surface area contributed by atoms with Gasteiger partial charge in [0.15, 0.2) is 6.29 Å². The van der Waals surface area contributed by atoms with Crippen LogP contribution >= 0.6 is 11.6 Å². The summed E-state index contributed by atoms with van der Waals surface area (Å²) in [5, 5.41) is 8.79. The zero-order valence-electron chi connectivity index (χ0n) is 20.1. The molecule has 35 heavy (non-hydrogen) atoms. The first-order chi connectivity index (χ1) is 16.9. The molecule has 10 heteroatoms. The lowest BCUT2D eigenvalue weighted by atomic mass is 10.2. The van der Waals surface area contributed by atoms with Crippen LogP contribution in [0.15, 0.2) is 59.9 Å². The Balaban J connectivity index is 1.79. The molecule has 3 aromatic rings. The normalized spacial score (nSPS) is 12.1. The van der Waals surface area contributed by atoms with Crippen molar-refractivity contribution in [2.24, 2.45) is 0 Å². The molecule has 1 heterocycles. The van der Waals surface area contributed by atoms with Crippen LogP contribution in [0.2, 0.25) is 5.02 Å². The van der Waals surface area contributed by atoms with Crippen LogP contribution in [-0.2, 0) is 21.3 Å². The molecule has 0 saturated heterocycles. The van der Waals surface area contributed by atoms with Gasteiger partial charge in [-0.05, 0) is 43.2 Å². The Morgan fingerprint density at radius 3 is 2.69 bits per heavy atom. The Bertz CT molecular complexity index is 1180. The minimum absolute atomic E-state index is 0.0745. The van der Waals surface area contributed by atoms with E-state index >= 15 is 0 Å². The number of ether oxygens (including phenoxy) is 1. The molecule has 0 amide bonds. The van der Waals surface area contributed by atoms with Gasteiger partial charge in [-0.3, -0.25) is 13.6 Å². The molecule has 3 rings (SSSR count). The first-order valence-corrected chi connectivity index (χ1v) is 13.0. The van der Waals surface area contributed by atoms with Crippen molar-refractivity contribution < 1.29 is 13.7 Å². The number of aldehydes is 1. The number of rotatable bonds is 13. The van der Waals surface area contributed by atoms with E-state index in [0.717, 1.165) is 29.9 Å². The standard InChI is InChI=1S/C25H30ClN5O3S/c1-4-34-16-8-13-30(3)23-12-6-5-9-20(23)19-35(33)25-28-27-24(18-32)31(25)15-14-29(2)22-11-7-10-21(26)17-22/h5-7,9-12,14-15,17-18H,4,8,13,16,19H2,1-3H3/b15-14-. The maximum atomic E-state index is 13.4. The number of aromatic nitrogens is 3. The maximum absolute atomic E-state index is 13.4. The molecule has 1 unspecified atom stereocenters. The van der Waals surface area contributed by atoms with Gasteiger partial charge in [-0.1, -0.05) is 35.9 Å². The Hall–Kier alpha value is -3.01. The summed E-state index contributed by atoms with van der Waals surface area (Å²) >= 11 is 6.08. The molecule has 0 N–H and O–H groups in total. The van der Waals surface area contributed by atoms with Gasteiger partial charge in [-0.25, -0.2) is 0 Å². The van der Waals surface area contributed by atoms with E-state index in [-0.39, 0.29) is 16.7 Å². The second-order valence-corrected chi connectivity index (χ2v) is 9.59. The number of halogens is 1. The van der Waals surface area contributed by atoms with Gasteiger partial charge in [0.25, 0.3) is 0 Å². The molecule has 0 bridgehead atoms. The highest BCUT2D eigenvalue weighted by atomic mass is 35.5. The second kappa shape index (κ2) is 13.2. The van der Waals surface area contributed by atoms with Crippen molar-refractivity contribution >= 4 is 46.3 Å². The summed E-state index contributed by atoms with van der Waals surface area (Å²) in [6, 6.07) is 15.2. The summed E-state index contributed by atoms with van der Waals surface area (Å²) in [7, 11) is 2.32. The second-order valence-electron chi connectivity index (χ2n) is 7.81. The smallest absolute Gasteiger partial charge is 0.226 e. The number of nitrogens with zero attached hydrogens (tertiary/aromatic N) is 5. The lowest BCUT2D eigenvalue weighted by Crippen LogP contribution is -2.21. The zero-order valence-corrected chi connectivity index (χ0v) is 21.7. The molecule has 0 aliphatic heterocycles. The van der Waals surface area contributed by atoms with Gasteiger partial charge < -0.3 is 14.5 Å². The van der Waals surface area contributed by atoms with Crippen LogP contribution in [0.1, 0.15) is 29.5 Å². The molecule has 0 spiro atoms. The maximum Gasteiger partial charge on any atom is 0.226 e. The Kier molecular flexibility index (Phi) is 10.0. The zero-order chi connectivity index (χ0) is 25.2. The van der Waals surface area contributed by atoms with E-state index in [1.807, 2.05) is 68.4 Å². The Morgan fingerprint density at radius 2 is 1.94 bits per heavy atom. The molecule has 1 aromatic heterocycles. The van der Waals surface area contributed by atoms with Crippen molar-refractivity contribution in [2.45, 2.75) is 24.3 Å². The minimum Gasteiger partial charge on any atom is -0.382 e. The highest BCUT2D eigenvalue weighted by Crippen LogP contribution is 2.23. The molecule has 0 fully saturated rings. The number of benzene rings is 2. The summed E-state index contributed by atoms with van der Waals surface area (Å²) in [6.07, 6.45) is 4.85.